The summed E-state index contributed by atoms with van der Waals surface area (Å²) in [7, 11) is 0. The molecule has 1 aromatic carbocycles. The van der Waals surface area contributed by atoms with Crippen molar-refractivity contribution in [3.8, 4) is 11.5 Å². The Morgan fingerprint density at radius 2 is 2.27 bits per heavy atom. The Kier molecular flexibility index (Phi) is 2.60. The summed E-state index contributed by atoms with van der Waals surface area (Å²) in [6.45, 7) is 2.45. The van der Waals surface area contributed by atoms with Crippen molar-refractivity contribution in [3.63, 3.8) is 0 Å². The Hall–Kier alpha value is -1.55. The number of nitrogens with two attached hydrogens (primary N) is 1. The van der Waals surface area contributed by atoms with Gasteiger partial charge in [0.1, 0.15) is 0 Å². The third kappa shape index (κ3) is 1.68. The Labute approximate surface area is 88.0 Å². The molecule has 0 radical (unpaired) electrons. The smallest absolute Gasteiger partial charge is 0.231 e. The minimum absolute atomic E-state index is 0.0494. The molecule has 2 N–H and O–H groups in total. The summed E-state index contributed by atoms with van der Waals surface area (Å²) in [6.07, 6.45) is 0.362. The zero-order valence-corrected chi connectivity index (χ0v) is 8.58. The zero-order valence-electron chi connectivity index (χ0n) is 8.58. The van der Waals surface area contributed by atoms with Crippen LogP contribution in [0.2, 0.25) is 0 Å². The predicted molar refractivity (Wildman–Crippen MR) is 55.3 cm³/mol. The molecule has 1 aromatic rings. The standard InChI is InChI=1S/C11H13NO3/c1-7-8(9(13)4-5-12)2-3-10-11(7)15-6-14-10/h2-3H,4-6,12H2,1H3. The fraction of sp³-hybridized carbons (Fsp3) is 0.364. The fourth-order valence-corrected chi connectivity index (χ4v) is 1.68. The lowest BCUT2D eigenvalue weighted by Gasteiger charge is -2.06. The van der Waals surface area contributed by atoms with Crippen LogP contribution in [0.15, 0.2) is 12.1 Å². The first kappa shape index (κ1) is 9.98. The monoisotopic (exact) mass is 207 g/mol. The summed E-state index contributed by atoms with van der Waals surface area (Å²) in [6, 6.07) is 3.53. The summed E-state index contributed by atoms with van der Waals surface area (Å²) < 4.78 is 10.5. The molecule has 0 bridgehead atoms. The molecule has 0 unspecified atom stereocenters. The molecular weight excluding hydrogens is 194 g/mol. The van der Waals surface area contributed by atoms with E-state index in [0.717, 1.165) is 5.56 Å². The van der Waals surface area contributed by atoms with Crippen LogP contribution in [0.4, 0.5) is 0 Å². The van der Waals surface area contributed by atoms with Gasteiger partial charge in [-0.1, -0.05) is 0 Å². The van der Waals surface area contributed by atoms with Crippen LogP contribution in [0.3, 0.4) is 0 Å². The van der Waals surface area contributed by atoms with Crippen molar-refractivity contribution in [1.29, 1.82) is 0 Å². The Bertz CT molecular complexity index is 401. The van der Waals surface area contributed by atoms with Crippen LogP contribution in [0.5, 0.6) is 11.5 Å². The molecule has 0 saturated carbocycles. The maximum absolute atomic E-state index is 11.7. The molecule has 0 aromatic heterocycles. The van der Waals surface area contributed by atoms with Crippen LogP contribution in [0, 0.1) is 6.92 Å². The summed E-state index contributed by atoms with van der Waals surface area (Å²) in [4.78, 5) is 11.7. The number of ketones is 1. The second-order valence-electron chi connectivity index (χ2n) is 3.43. The van der Waals surface area contributed by atoms with E-state index >= 15 is 0 Å². The third-order valence-corrected chi connectivity index (χ3v) is 2.46. The van der Waals surface area contributed by atoms with E-state index in [4.69, 9.17) is 15.2 Å². The van der Waals surface area contributed by atoms with E-state index in [1.54, 1.807) is 12.1 Å². The first-order chi connectivity index (χ1) is 7.24. The lowest BCUT2D eigenvalue weighted by molar-refractivity contribution is 0.0984. The normalized spacial score (nSPS) is 12.9. The van der Waals surface area contributed by atoms with Crippen molar-refractivity contribution < 1.29 is 14.3 Å². The van der Waals surface area contributed by atoms with Crippen molar-refractivity contribution in [2.24, 2.45) is 5.73 Å². The Balaban J connectivity index is 2.38. The van der Waals surface area contributed by atoms with Crippen LogP contribution in [0.1, 0.15) is 22.3 Å². The highest BCUT2D eigenvalue weighted by molar-refractivity contribution is 5.98. The van der Waals surface area contributed by atoms with Crippen LogP contribution >= 0.6 is 0 Å². The minimum Gasteiger partial charge on any atom is -0.454 e. The van der Waals surface area contributed by atoms with Gasteiger partial charge in [0.2, 0.25) is 6.79 Å². The number of Topliss-reactive ketones (excluding diaryl/α,β-unsaturated/α-hetero) is 1. The molecule has 4 nitrogen and oxygen atoms in total. The van der Waals surface area contributed by atoms with Crippen molar-refractivity contribution >= 4 is 5.78 Å². The highest BCUT2D eigenvalue weighted by atomic mass is 16.7. The van der Waals surface area contributed by atoms with Crippen LogP contribution in [-0.2, 0) is 0 Å². The van der Waals surface area contributed by atoms with Gasteiger partial charge < -0.3 is 15.2 Å². The van der Waals surface area contributed by atoms with Crippen molar-refractivity contribution in [2.75, 3.05) is 13.3 Å². The summed E-state index contributed by atoms with van der Waals surface area (Å²) in [5.74, 6) is 1.43. The van der Waals surface area contributed by atoms with Gasteiger partial charge in [0.25, 0.3) is 0 Å². The molecule has 1 aliphatic heterocycles. The van der Waals surface area contributed by atoms with E-state index < -0.39 is 0 Å². The summed E-state index contributed by atoms with van der Waals surface area (Å²) >= 11 is 0. The van der Waals surface area contributed by atoms with Crippen molar-refractivity contribution in [1.82, 2.24) is 0 Å². The molecule has 1 heterocycles. The molecule has 4 heteroatoms. The molecule has 1 aliphatic rings. The minimum atomic E-state index is 0.0494. The molecule has 0 saturated heterocycles. The molecule has 0 fully saturated rings. The van der Waals surface area contributed by atoms with Gasteiger partial charge in [-0.2, -0.15) is 0 Å². The van der Waals surface area contributed by atoms with Crippen LogP contribution < -0.4 is 15.2 Å². The van der Waals surface area contributed by atoms with Gasteiger partial charge in [0, 0.05) is 17.5 Å². The highest BCUT2D eigenvalue weighted by Gasteiger charge is 2.20. The number of ether oxygens (including phenoxy) is 2. The number of benzene rings is 1. The molecular formula is C11H13NO3. The van der Waals surface area contributed by atoms with Gasteiger partial charge in [-0.3, -0.25) is 4.79 Å². The largest absolute Gasteiger partial charge is 0.454 e. The SMILES string of the molecule is Cc1c(C(=O)CCN)ccc2c1OCO2. The molecule has 0 spiro atoms. The maximum Gasteiger partial charge on any atom is 0.231 e. The van der Waals surface area contributed by atoms with Gasteiger partial charge in [-0.25, -0.2) is 0 Å². The quantitative estimate of drug-likeness (QED) is 0.758. The molecule has 0 atom stereocenters. The third-order valence-electron chi connectivity index (χ3n) is 2.46. The highest BCUT2D eigenvalue weighted by Crippen LogP contribution is 2.37. The average Bonchev–Trinajstić information content (AvgIpc) is 2.67. The number of hydrogen-bond acceptors (Lipinski definition) is 4. The second-order valence-corrected chi connectivity index (χ2v) is 3.43. The Morgan fingerprint density at radius 3 is 3.00 bits per heavy atom. The first-order valence-electron chi connectivity index (χ1n) is 4.86. The van der Waals surface area contributed by atoms with Gasteiger partial charge in [0.15, 0.2) is 17.3 Å². The second kappa shape index (κ2) is 3.90. The Morgan fingerprint density at radius 1 is 1.47 bits per heavy atom. The van der Waals surface area contributed by atoms with E-state index in [0.29, 0.717) is 30.0 Å². The first-order valence-corrected chi connectivity index (χ1v) is 4.86. The van der Waals surface area contributed by atoms with Gasteiger partial charge >= 0.3 is 0 Å². The predicted octanol–water partition coefficient (Wildman–Crippen LogP) is 1.26. The van der Waals surface area contributed by atoms with Crippen LogP contribution in [-0.4, -0.2) is 19.1 Å². The summed E-state index contributed by atoms with van der Waals surface area (Å²) in [5, 5.41) is 0. The molecule has 80 valence electrons. The molecule has 2 rings (SSSR count). The van der Waals surface area contributed by atoms with Crippen LogP contribution in [0.25, 0.3) is 0 Å². The molecule has 15 heavy (non-hydrogen) atoms. The number of hydrogen-bond donors (Lipinski definition) is 1. The topological polar surface area (TPSA) is 61.6 Å². The van der Waals surface area contributed by atoms with Gasteiger partial charge in [0.05, 0.1) is 0 Å². The van der Waals surface area contributed by atoms with Crippen molar-refractivity contribution in [3.05, 3.63) is 23.3 Å². The number of carbonyl (C=O) groups excluding carboxylic acids is 1. The fourth-order valence-electron chi connectivity index (χ4n) is 1.68. The van der Waals surface area contributed by atoms with E-state index in [1.807, 2.05) is 6.92 Å². The van der Waals surface area contributed by atoms with Gasteiger partial charge in [-0.15, -0.1) is 0 Å². The van der Waals surface area contributed by atoms with E-state index in [-0.39, 0.29) is 12.6 Å². The molecule has 0 amide bonds. The maximum atomic E-state index is 11.7. The van der Waals surface area contributed by atoms with E-state index in [1.165, 1.54) is 0 Å². The number of carbonyl (C=O) groups is 1. The van der Waals surface area contributed by atoms with Gasteiger partial charge in [-0.05, 0) is 25.6 Å². The zero-order chi connectivity index (χ0) is 10.8. The van der Waals surface area contributed by atoms with E-state index in [2.05, 4.69) is 0 Å². The lowest BCUT2D eigenvalue weighted by Crippen LogP contribution is -2.09. The van der Waals surface area contributed by atoms with E-state index in [9.17, 15) is 4.79 Å². The molecule has 0 aliphatic carbocycles. The average molecular weight is 207 g/mol. The lowest BCUT2D eigenvalue weighted by atomic mass is 10.0. The number of rotatable bonds is 3. The summed E-state index contributed by atoms with van der Waals surface area (Å²) in [5.41, 5.74) is 6.86. The van der Waals surface area contributed by atoms with Crippen molar-refractivity contribution in [2.45, 2.75) is 13.3 Å². The number of fused-ring (bicyclic) bond motifs is 1.